The smallest absolute Gasteiger partial charge is 0.176 e. The van der Waals surface area contributed by atoms with E-state index in [0.29, 0.717) is 25.4 Å². The highest BCUT2D eigenvalue weighted by Crippen LogP contribution is 2.32. The van der Waals surface area contributed by atoms with Gasteiger partial charge in [0.15, 0.2) is 11.5 Å². The van der Waals surface area contributed by atoms with Crippen LogP contribution in [-0.2, 0) is 0 Å². The van der Waals surface area contributed by atoms with Crippen LogP contribution < -0.4 is 15.2 Å². The van der Waals surface area contributed by atoms with Crippen LogP contribution in [0.4, 0.5) is 0 Å². The molecule has 4 heteroatoms. The summed E-state index contributed by atoms with van der Waals surface area (Å²) in [4.78, 5) is 0. The molecule has 1 aliphatic rings. The van der Waals surface area contributed by atoms with Crippen LogP contribution in [0.25, 0.3) is 0 Å². The highest BCUT2D eigenvalue weighted by molar-refractivity contribution is 5.78. The predicted octanol–water partition coefficient (Wildman–Crippen LogP) is 1.94. The molecule has 0 atom stereocenters. The molecule has 0 spiro atoms. The lowest BCUT2D eigenvalue weighted by atomic mass is 10.2. The van der Waals surface area contributed by atoms with Crippen molar-refractivity contribution >= 4 is 5.84 Å². The number of fused-ring (bicyclic) bond motifs is 1. The van der Waals surface area contributed by atoms with Gasteiger partial charge in [-0.15, -0.1) is 13.0 Å². The van der Waals surface area contributed by atoms with Crippen LogP contribution in [-0.4, -0.2) is 19.0 Å². The Morgan fingerprint density at radius 3 is 2.78 bits per heavy atom. The van der Waals surface area contributed by atoms with E-state index in [2.05, 4.69) is 12.5 Å². The molecule has 0 saturated heterocycles. The Labute approximate surface area is 107 Å². The summed E-state index contributed by atoms with van der Waals surface area (Å²) < 4.78 is 10.7. The van der Waals surface area contributed by atoms with E-state index >= 15 is 0 Å². The number of para-hydroxylation sites is 1. The van der Waals surface area contributed by atoms with Crippen molar-refractivity contribution in [1.82, 2.24) is 0 Å². The Morgan fingerprint density at radius 2 is 2.22 bits per heavy atom. The van der Waals surface area contributed by atoms with E-state index in [1.54, 1.807) is 6.08 Å². The molecule has 0 aliphatic carbocycles. The van der Waals surface area contributed by atoms with Crippen molar-refractivity contribution in [3.8, 4) is 23.8 Å². The highest BCUT2D eigenvalue weighted by atomic mass is 16.6. The molecule has 0 saturated carbocycles. The quantitative estimate of drug-likeness (QED) is 0.361. The largest absolute Gasteiger partial charge is 0.486 e. The van der Waals surface area contributed by atoms with Gasteiger partial charge in [0, 0.05) is 6.42 Å². The van der Waals surface area contributed by atoms with Crippen LogP contribution in [0.1, 0.15) is 12.0 Å². The lowest BCUT2D eigenvalue weighted by Crippen LogP contribution is -2.15. The third kappa shape index (κ3) is 3.87. The Bertz CT molecular complexity index is 475. The normalized spacial score (nSPS) is 11.5. The maximum Gasteiger partial charge on any atom is 0.176 e. The molecule has 3 N–H and O–H groups in total. The summed E-state index contributed by atoms with van der Waals surface area (Å²) >= 11 is 0. The molecule has 4 nitrogen and oxygen atoms in total. The number of nitrogens with one attached hydrogen (secondary N) is 1. The minimum atomic E-state index is 0.171. The third-order valence-corrected chi connectivity index (χ3v) is 2.09. The molecule has 0 amide bonds. The molecule has 1 aromatic carbocycles. The first-order valence-corrected chi connectivity index (χ1v) is 5.48. The Balaban J connectivity index is 0.000000232. The van der Waals surface area contributed by atoms with Gasteiger partial charge in [-0.2, -0.15) is 0 Å². The van der Waals surface area contributed by atoms with Gasteiger partial charge in [-0.1, -0.05) is 18.1 Å². The van der Waals surface area contributed by atoms with Gasteiger partial charge in [0.1, 0.15) is 13.2 Å². The zero-order valence-corrected chi connectivity index (χ0v) is 10.1. The second-order valence-corrected chi connectivity index (χ2v) is 3.49. The van der Waals surface area contributed by atoms with Crippen LogP contribution in [0, 0.1) is 17.8 Å². The van der Waals surface area contributed by atoms with Crippen LogP contribution in [0.5, 0.6) is 11.5 Å². The summed E-state index contributed by atoms with van der Waals surface area (Å²) in [6, 6.07) is 5.56. The third-order valence-electron chi connectivity index (χ3n) is 2.09. The fourth-order valence-corrected chi connectivity index (χ4v) is 1.34. The average molecular weight is 244 g/mol. The number of nitrogens with two attached hydrogens (primary N) is 1. The van der Waals surface area contributed by atoms with E-state index in [4.69, 9.17) is 27.0 Å². The first-order valence-electron chi connectivity index (χ1n) is 5.48. The van der Waals surface area contributed by atoms with Crippen molar-refractivity contribution in [2.45, 2.75) is 6.42 Å². The molecule has 0 bridgehead atoms. The molecule has 2 rings (SSSR count). The zero-order chi connectivity index (χ0) is 13.4. The molecule has 1 aromatic rings. The number of hydrogen-bond acceptors (Lipinski definition) is 3. The van der Waals surface area contributed by atoms with Gasteiger partial charge in [-0.05, 0) is 12.1 Å². The minimum Gasteiger partial charge on any atom is -0.486 e. The second kappa shape index (κ2) is 7.02. The zero-order valence-electron chi connectivity index (χ0n) is 10.1. The van der Waals surface area contributed by atoms with E-state index in [1.165, 1.54) is 0 Å². The van der Waals surface area contributed by atoms with Crippen LogP contribution in [0.3, 0.4) is 0 Å². The lowest BCUT2D eigenvalue weighted by Gasteiger charge is -2.18. The summed E-state index contributed by atoms with van der Waals surface area (Å²) in [7, 11) is 0. The Hall–Kier alpha value is -2.41. The van der Waals surface area contributed by atoms with E-state index in [-0.39, 0.29) is 5.84 Å². The number of rotatable bonds is 2. The predicted molar refractivity (Wildman–Crippen MR) is 72.1 cm³/mol. The lowest BCUT2D eigenvalue weighted by molar-refractivity contribution is 0.171. The molecule has 1 aliphatic heterocycles. The van der Waals surface area contributed by atoms with Crippen molar-refractivity contribution in [3.63, 3.8) is 0 Å². The Kier molecular flexibility index (Phi) is 5.33. The molecule has 94 valence electrons. The van der Waals surface area contributed by atoms with Gasteiger partial charge in [0.2, 0.25) is 0 Å². The summed E-state index contributed by atoms with van der Waals surface area (Å²) in [5.74, 6) is 4.17. The van der Waals surface area contributed by atoms with Crippen molar-refractivity contribution in [2.24, 2.45) is 5.73 Å². The number of terminal acetylenes is 1. The van der Waals surface area contributed by atoms with Gasteiger partial charge in [0.05, 0.1) is 11.4 Å². The van der Waals surface area contributed by atoms with Crippen molar-refractivity contribution in [1.29, 1.82) is 5.41 Å². The van der Waals surface area contributed by atoms with E-state index in [9.17, 15) is 0 Å². The standard InChI is InChI=1S/C10H8O2.C4H8N2/c1-2-8-4-3-5-9-10(8)12-7-6-11-9;1-2-3-4(5)6/h1,3-5H,6-7H2;2H,1,3H2,(H3,5,6). The van der Waals surface area contributed by atoms with Gasteiger partial charge in [-0.25, -0.2) is 0 Å². The summed E-state index contributed by atoms with van der Waals surface area (Å²) in [6.07, 6.45) is 7.39. The molecule has 0 aromatic heterocycles. The van der Waals surface area contributed by atoms with Crippen molar-refractivity contribution in [3.05, 3.63) is 36.4 Å². The van der Waals surface area contributed by atoms with Gasteiger partial charge < -0.3 is 15.2 Å². The number of amidine groups is 1. The number of benzene rings is 1. The van der Waals surface area contributed by atoms with Crippen LogP contribution in [0.2, 0.25) is 0 Å². The van der Waals surface area contributed by atoms with E-state index < -0.39 is 0 Å². The maximum atomic E-state index is 6.60. The highest BCUT2D eigenvalue weighted by Gasteiger charge is 2.13. The van der Waals surface area contributed by atoms with E-state index in [0.717, 1.165) is 11.3 Å². The molecule has 0 fully saturated rings. The maximum absolute atomic E-state index is 6.60. The minimum absolute atomic E-state index is 0.171. The van der Waals surface area contributed by atoms with Crippen LogP contribution in [0.15, 0.2) is 30.9 Å². The molecular weight excluding hydrogens is 228 g/mol. The van der Waals surface area contributed by atoms with Crippen LogP contribution >= 0.6 is 0 Å². The topological polar surface area (TPSA) is 68.3 Å². The van der Waals surface area contributed by atoms with Crippen molar-refractivity contribution < 1.29 is 9.47 Å². The van der Waals surface area contributed by atoms with Crippen molar-refractivity contribution in [2.75, 3.05) is 13.2 Å². The fraction of sp³-hybridized carbons (Fsp3) is 0.214. The summed E-state index contributed by atoms with van der Waals surface area (Å²) in [5.41, 5.74) is 5.67. The molecule has 0 radical (unpaired) electrons. The molecule has 0 unspecified atom stereocenters. The van der Waals surface area contributed by atoms with Gasteiger partial charge in [-0.3, -0.25) is 5.41 Å². The fourth-order valence-electron chi connectivity index (χ4n) is 1.34. The molecule has 1 heterocycles. The number of hydrogen-bond donors (Lipinski definition) is 2. The van der Waals surface area contributed by atoms with Gasteiger partial charge >= 0.3 is 0 Å². The summed E-state index contributed by atoms with van der Waals surface area (Å²) in [5, 5.41) is 6.60. The van der Waals surface area contributed by atoms with E-state index in [1.807, 2.05) is 18.2 Å². The SMILES string of the molecule is C#Cc1cccc2c1OCCO2.C=CCC(=N)N. The average Bonchev–Trinajstić information content (AvgIpc) is 2.38. The van der Waals surface area contributed by atoms with Gasteiger partial charge in [0.25, 0.3) is 0 Å². The monoisotopic (exact) mass is 244 g/mol. The first kappa shape index (κ1) is 13.7. The summed E-state index contributed by atoms with van der Waals surface area (Å²) in [6.45, 7) is 4.55. The first-order chi connectivity index (χ1) is 8.69. The number of ether oxygens (including phenoxy) is 2. The molecular formula is C14H16N2O2. The second-order valence-electron chi connectivity index (χ2n) is 3.49. The Morgan fingerprint density at radius 1 is 1.50 bits per heavy atom. The molecule has 18 heavy (non-hydrogen) atoms.